The fourth-order valence-corrected chi connectivity index (χ4v) is 2.31. The van der Waals surface area contributed by atoms with Crippen LogP contribution >= 0.6 is 23.4 Å². The highest BCUT2D eigenvalue weighted by atomic mass is 35.5. The number of thioether (sulfide) groups is 1. The summed E-state index contributed by atoms with van der Waals surface area (Å²) >= 11 is 6.85. The Morgan fingerprint density at radius 2 is 2.06 bits per heavy atom. The highest BCUT2D eigenvalue weighted by Gasteiger charge is 2.25. The zero-order chi connectivity index (χ0) is 13.8. The van der Waals surface area contributed by atoms with Gasteiger partial charge in [0.1, 0.15) is 0 Å². The molecule has 7 heteroatoms. The van der Waals surface area contributed by atoms with Crippen LogP contribution < -0.4 is 0 Å². The Bertz CT molecular complexity index is 435. The van der Waals surface area contributed by atoms with E-state index in [1.807, 2.05) is 0 Å². The molecule has 0 saturated heterocycles. The quantitative estimate of drug-likeness (QED) is 0.643. The molecular weight excluding hydrogens is 289 g/mol. The molecule has 0 aliphatic carbocycles. The van der Waals surface area contributed by atoms with Gasteiger partial charge in [0.15, 0.2) is 0 Å². The van der Waals surface area contributed by atoms with E-state index in [1.165, 1.54) is 23.9 Å². The first-order valence-corrected chi connectivity index (χ1v) is 6.38. The lowest BCUT2D eigenvalue weighted by molar-refractivity contribution is -0.134. The van der Waals surface area contributed by atoms with Crippen LogP contribution in [0.3, 0.4) is 0 Å². The summed E-state index contributed by atoms with van der Waals surface area (Å²) < 4.78 is 35.7. The Hall–Kier alpha value is -0.880. The summed E-state index contributed by atoms with van der Waals surface area (Å²) in [5.74, 6) is -0.877. The second-order valence-electron chi connectivity index (χ2n) is 3.51. The molecule has 0 aromatic heterocycles. The van der Waals surface area contributed by atoms with Crippen molar-refractivity contribution < 1.29 is 23.1 Å². The molecule has 100 valence electrons. The summed E-state index contributed by atoms with van der Waals surface area (Å²) in [6.07, 6.45) is -4.98. The molecule has 0 aliphatic rings. The maximum atomic E-state index is 11.9. The van der Waals surface area contributed by atoms with Gasteiger partial charge >= 0.3 is 12.1 Å². The number of halogens is 4. The Balaban J connectivity index is 2.53. The first kappa shape index (κ1) is 15.2. The van der Waals surface area contributed by atoms with E-state index in [-0.39, 0.29) is 22.8 Å². The third-order valence-electron chi connectivity index (χ3n) is 2.04. The fraction of sp³-hybridized carbons (Fsp3) is 0.364. The lowest BCUT2D eigenvalue weighted by Gasteiger charge is -2.06. The van der Waals surface area contributed by atoms with Crippen LogP contribution in [0.25, 0.3) is 0 Å². The highest BCUT2D eigenvalue weighted by molar-refractivity contribution is 7.99. The summed E-state index contributed by atoms with van der Waals surface area (Å²) in [7, 11) is 0. The SMILES string of the molecule is O=C(O)c1cc(SCCCC(F)(F)F)ccc1Cl. The normalized spacial score (nSPS) is 11.6. The summed E-state index contributed by atoms with van der Waals surface area (Å²) in [4.78, 5) is 11.4. The summed E-state index contributed by atoms with van der Waals surface area (Å²) in [5, 5.41) is 8.94. The molecule has 1 aromatic carbocycles. The number of rotatable bonds is 5. The maximum absolute atomic E-state index is 11.9. The van der Waals surface area contributed by atoms with Crippen LogP contribution in [-0.2, 0) is 0 Å². The molecule has 0 saturated carbocycles. The summed E-state index contributed by atoms with van der Waals surface area (Å²) in [6.45, 7) is 0. The third kappa shape index (κ3) is 5.18. The van der Waals surface area contributed by atoms with Gasteiger partial charge in [0.25, 0.3) is 0 Å². The van der Waals surface area contributed by atoms with Crippen molar-refractivity contribution in [3.05, 3.63) is 28.8 Å². The van der Waals surface area contributed by atoms with Crippen LogP contribution in [0.15, 0.2) is 23.1 Å². The van der Waals surface area contributed by atoms with Crippen LogP contribution in [0.1, 0.15) is 23.2 Å². The predicted octanol–water partition coefficient (Wildman–Crippen LogP) is 4.47. The zero-order valence-electron chi connectivity index (χ0n) is 9.13. The molecule has 1 rings (SSSR count). The van der Waals surface area contributed by atoms with E-state index >= 15 is 0 Å². The van der Waals surface area contributed by atoms with Gasteiger partial charge in [-0.2, -0.15) is 13.2 Å². The molecular formula is C11H10ClF3O2S. The molecule has 0 fully saturated rings. The third-order valence-corrected chi connectivity index (χ3v) is 3.45. The summed E-state index contributed by atoms with van der Waals surface area (Å²) in [5.41, 5.74) is -0.0440. The van der Waals surface area contributed by atoms with Crippen LogP contribution in [0.5, 0.6) is 0 Å². The van der Waals surface area contributed by atoms with Crippen molar-refractivity contribution in [1.82, 2.24) is 0 Å². The van der Waals surface area contributed by atoms with Crippen molar-refractivity contribution in [2.75, 3.05) is 5.75 Å². The second-order valence-corrected chi connectivity index (χ2v) is 5.09. The minimum Gasteiger partial charge on any atom is -0.478 e. The summed E-state index contributed by atoms with van der Waals surface area (Å²) in [6, 6.07) is 4.38. The fourth-order valence-electron chi connectivity index (χ4n) is 1.22. The molecule has 0 aliphatic heterocycles. The van der Waals surface area contributed by atoms with Gasteiger partial charge in [-0.15, -0.1) is 11.8 Å². The topological polar surface area (TPSA) is 37.3 Å². The Morgan fingerprint density at radius 1 is 1.39 bits per heavy atom. The van der Waals surface area contributed by atoms with Gasteiger partial charge in [-0.25, -0.2) is 4.79 Å². The molecule has 18 heavy (non-hydrogen) atoms. The number of alkyl halides is 3. The van der Waals surface area contributed by atoms with Crippen molar-refractivity contribution in [3.8, 4) is 0 Å². The van der Waals surface area contributed by atoms with Gasteiger partial charge in [0, 0.05) is 11.3 Å². The lowest BCUT2D eigenvalue weighted by Crippen LogP contribution is -2.06. The second kappa shape index (κ2) is 6.33. The van der Waals surface area contributed by atoms with Crippen molar-refractivity contribution in [2.24, 2.45) is 0 Å². The van der Waals surface area contributed by atoms with E-state index in [0.29, 0.717) is 4.90 Å². The maximum Gasteiger partial charge on any atom is 0.389 e. The van der Waals surface area contributed by atoms with E-state index in [9.17, 15) is 18.0 Å². The Kier molecular flexibility index (Phi) is 5.34. The minimum atomic E-state index is -4.15. The zero-order valence-corrected chi connectivity index (χ0v) is 10.7. The molecule has 0 amide bonds. The average Bonchev–Trinajstić information content (AvgIpc) is 2.24. The minimum absolute atomic E-state index is 0.000796. The van der Waals surface area contributed by atoms with E-state index in [1.54, 1.807) is 6.07 Å². The number of carboxylic acid groups (broad SMARTS) is 1. The number of hydrogen-bond acceptors (Lipinski definition) is 2. The predicted molar refractivity (Wildman–Crippen MR) is 64.4 cm³/mol. The van der Waals surface area contributed by atoms with E-state index < -0.39 is 18.6 Å². The number of carboxylic acids is 1. The molecule has 0 spiro atoms. The van der Waals surface area contributed by atoms with Gasteiger partial charge in [0.2, 0.25) is 0 Å². The van der Waals surface area contributed by atoms with Gasteiger partial charge in [-0.3, -0.25) is 0 Å². The van der Waals surface area contributed by atoms with Crippen molar-refractivity contribution in [1.29, 1.82) is 0 Å². The monoisotopic (exact) mass is 298 g/mol. The van der Waals surface area contributed by atoms with Gasteiger partial charge in [-0.1, -0.05) is 11.6 Å². The molecule has 1 aromatic rings. The number of aromatic carboxylic acids is 1. The first-order chi connectivity index (χ1) is 8.29. The largest absolute Gasteiger partial charge is 0.478 e. The van der Waals surface area contributed by atoms with Gasteiger partial charge in [-0.05, 0) is 30.4 Å². The van der Waals surface area contributed by atoms with E-state index in [4.69, 9.17) is 16.7 Å². The van der Waals surface area contributed by atoms with Crippen LogP contribution in [0.4, 0.5) is 13.2 Å². The van der Waals surface area contributed by atoms with E-state index in [2.05, 4.69) is 0 Å². The smallest absolute Gasteiger partial charge is 0.389 e. The highest BCUT2D eigenvalue weighted by Crippen LogP contribution is 2.27. The Labute approximate surface area is 111 Å². The van der Waals surface area contributed by atoms with Crippen LogP contribution in [0, 0.1) is 0 Å². The molecule has 0 heterocycles. The molecule has 0 radical (unpaired) electrons. The van der Waals surface area contributed by atoms with Crippen molar-refractivity contribution in [2.45, 2.75) is 23.9 Å². The van der Waals surface area contributed by atoms with Crippen molar-refractivity contribution >= 4 is 29.3 Å². The van der Waals surface area contributed by atoms with Gasteiger partial charge < -0.3 is 5.11 Å². The molecule has 2 nitrogen and oxygen atoms in total. The first-order valence-electron chi connectivity index (χ1n) is 5.02. The Morgan fingerprint density at radius 3 is 2.61 bits per heavy atom. The molecule has 0 unspecified atom stereocenters. The number of carbonyl (C=O) groups is 1. The molecule has 1 N–H and O–H groups in total. The standard InChI is InChI=1S/C11H10ClF3O2S/c12-9-3-2-7(6-8(9)10(16)17)18-5-1-4-11(13,14)15/h2-3,6H,1,4-5H2,(H,16,17). The lowest BCUT2D eigenvalue weighted by atomic mass is 10.2. The average molecular weight is 299 g/mol. The number of hydrogen-bond donors (Lipinski definition) is 1. The molecule has 0 bridgehead atoms. The molecule has 0 atom stereocenters. The van der Waals surface area contributed by atoms with Crippen molar-refractivity contribution in [3.63, 3.8) is 0 Å². The van der Waals surface area contributed by atoms with Gasteiger partial charge in [0.05, 0.1) is 10.6 Å². The van der Waals surface area contributed by atoms with E-state index in [0.717, 1.165) is 0 Å². The number of benzene rings is 1. The van der Waals surface area contributed by atoms with Crippen LogP contribution in [0.2, 0.25) is 5.02 Å². The van der Waals surface area contributed by atoms with Crippen LogP contribution in [-0.4, -0.2) is 23.0 Å².